The number of anilines is 1. The van der Waals surface area contributed by atoms with Gasteiger partial charge >= 0.3 is 5.97 Å². The van der Waals surface area contributed by atoms with Gasteiger partial charge in [-0.05, 0) is 18.4 Å². The van der Waals surface area contributed by atoms with Gasteiger partial charge in [-0.2, -0.15) is 0 Å². The molecule has 2 heterocycles. The van der Waals surface area contributed by atoms with Crippen LogP contribution in [0, 0.1) is 6.92 Å². The fraction of sp³-hybridized carbons (Fsp3) is 0.182. The van der Waals surface area contributed by atoms with Crippen molar-refractivity contribution in [1.82, 2.24) is 5.16 Å². The predicted octanol–water partition coefficient (Wildman–Crippen LogP) is 1.76. The van der Waals surface area contributed by atoms with Crippen molar-refractivity contribution in [2.45, 2.75) is 6.92 Å². The highest BCUT2D eigenvalue weighted by atomic mass is 32.1. The van der Waals surface area contributed by atoms with Crippen molar-refractivity contribution in [2.24, 2.45) is 0 Å². The fourth-order valence-corrected chi connectivity index (χ4v) is 1.98. The number of carbonyl (C=O) groups excluding carboxylic acids is 1. The minimum atomic E-state index is -1.09. The number of nitrogens with zero attached hydrogens (tertiary/aromatic N) is 1. The van der Waals surface area contributed by atoms with Crippen LogP contribution in [0.3, 0.4) is 0 Å². The van der Waals surface area contributed by atoms with E-state index in [1.54, 1.807) is 18.4 Å². The molecule has 2 aromatic rings. The molecule has 0 aliphatic carbocycles. The molecule has 0 saturated heterocycles. The molecule has 1 amide bonds. The van der Waals surface area contributed by atoms with Crippen molar-refractivity contribution >= 4 is 29.1 Å². The Bertz CT molecular complexity index is 604. The Labute approximate surface area is 111 Å². The van der Waals surface area contributed by atoms with Crippen LogP contribution in [0.5, 0.6) is 5.75 Å². The van der Waals surface area contributed by atoms with Crippen LogP contribution in [0.2, 0.25) is 0 Å². The molecular formula is C11H10N2O5S. The smallest absolute Gasteiger partial charge is 0.349 e. The van der Waals surface area contributed by atoms with E-state index in [0.717, 1.165) is 11.3 Å². The molecule has 8 heteroatoms. The van der Waals surface area contributed by atoms with Crippen LogP contribution in [0.4, 0.5) is 5.88 Å². The van der Waals surface area contributed by atoms with Crippen LogP contribution < -0.4 is 10.1 Å². The van der Waals surface area contributed by atoms with Gasteiger partial charge in [0.2, 0.25) is 5.88 Å². The highest BCUT2D eigenvalue weighted by Crippen LogP contribution is 2.24. The molecule has 0 unspecified atom stereocenters. The van der Waals surface area contributed by atoms with E-state index in [1.165, 1.54) is 6.07 Å². The fourth-order valence-electron chi connectivity index (χ4n) is 1.31. The van der Waals surface area contributed by atoms with Crippen LogP contribution in [0.25, 0.3) is 0 Å². The third kappa shape index (κ3) is 3.32. The predicted molar refractivity (Wildman–Crippen MR) is 66.6 cm³/mol. The highest BCUT2D eigenvalue weighted by molar-refractivity contribution is 7.12. The Hall–Kier alpha value is -2.35. The number of carboxylic acids is 1. The van der Waals surface area contributed by atoms with Gasteiger partial charge in [-0.15, -0.1) is 11.3 Å². The molecule has 0 saturated carbocycles. The first kappa shape index (κ1) is 13.1. The van der Waals surface area contributed by atoms with E-state index < -0.39 is 11.9 Å². The van der Waals surface area contributed by atoms with Gasteiger partial charge in [-0.25, -0.2) is 4.79 Å². The van der Waals surface area contributed by atoms with E-state index >= 15 is 0 Å². The average molecular weight is 282 g/mol. The number of carbonyl (C=O) groups is 2. The maximum absolute atomic E-state index is 11.5. The summed E-state index contributed by atoms with van der Waals surface area (Å²) in [5.41, 5.74) is 0.641. The third-order valence-electron chi connectivity index (χ3n) is 2.07. The normalized spacial score (nSPS) is 10.2. The average Bonchev–Trinajstić information content (AvgIpc) is 2.95. The number of amides is 1. The lowest BCUT2D eigenvalue weighted by Gasteiger charge is -2.04. The number of aryl methyl sites for hydroxylation is 1. The minimum Gasteiger partial charge on any atom is -0.482 e. The number of hydrogen-bond acceptors (Lipinski definition) is 6. The summed E-state index contributed by atoms with van der Waals surface area (Å²) in [5, 5.41) is 16.5. The molecule has 0 aromatic carbocycles. The van der Waals surface area contributed by atoms with Gasteiger partial charge in [0, 0.05) is 6.07 Å². The maximum Gasteiger partial charge on any atom is 0.349 e. The Balaban J connectivity index is 1.90. The second kappa shape index (κ2) is 5.53. The number of ether oxygens (including phenoxy) is 1. The van der Waals surface area contributed by atoms with Gasteiger partial charge in [0.15, 0.2) is 11.5 Å². The maximum atomic E-state index is 11.5. The minimum absolute atomic E-state index is 0.0586. The molecule has 0 aliphatic heterocycles. The lowest BCUT2D eigenvalue weighted by Crippen LogP contribution is -2.20. The van der Waals surface area contributed by atoms with Gasteiger partial charge in [-0.3, -0.25) is 10.1 Å². The van der Waals surface area contributed by atoms with E-state index in [4.69, 9.17) is 14.4 Å². The van der Waals surface area contributed by atoms with Gasteiger partial charge in [0.05, 0.1) is 5.69 Å². The van der Waals surface area contributed by atoms with E-state index in [0.29, 0.717) is 5.69 Å². The van der Waals surface area contributed by atoms with E-state index in [2.05, 4.69) is 10.5 Å². The first-order chi connectivity index (χ1) is 9.06. The zero-order valence-electron chi connectivity index (χ0n) is 9.87. The first-order valence-corrected chi connectivity index (χ1v) is 6.11. The molecule has 0 fully saturated rings. The largest absolute Gasteiger partial charge is 0.482 e. The lowest BCUT2D eigenvalue weighted by atomic mass is 10.4. The molecule has 7 nitrogen and oxygen atoms in total. The molecule has 0 aliphatic rings. The SMILES string of the molecule is Cc1cc(NC(=O)COc2ccsc2C(=O)O)on1. The number of aromatic carboxylic acids is 1. The number of nitrogens with one attached hydrogen (secondary N) is 1. The Morgan fingerprint density at radius 2 is 2.37 bits per heavy atom. The molecule has 2 aromatic heterocycles. The van der Waals surface area contributed by atoms with Crippen molar-refractivity contribution in [3.05, 3.63) is 28.1 Å². The molecule has 0 bridgehead atoms. The molecule has 0 spiro atoms. The summed E-state index contributed by atoms with van der Waals surface area (Å²) < 4.78 is 9.94. The number of aromatic nitrogens is 1. The first-order valence-electron chi connectivity index (χ1n) is 5.23. The quantitative estimate of drug-likeness (QED) is 0.866. The number of carboxylic acid groups (broad SMARTS) is 1. The van der Waals surface area contributed by atoms with Crippen LogP contribution in [0.1, 0.15) is 15.4 Å². The molecule has 19 heavy (non-hydrogen) atoms. The number of hydrogen-bond donors (Lipinski definition) is 2. The summed E-state index contributed by atoms with van der Waals surface area (Å²) in [6.45, 7) is 1.41. The summed E-state index contributed by atoms with van der Waals surface area (Å²) in [7, 11) is 0. The zero-order valence-corrected chi connectivity index (χ0v) is 10.7. The third-order valence-corrected chi connectivity index (χ3v) is 2.96. The molecule has 2 N–H and O–H groups in total. The Kier molecular flexibility index (Phi) is 3.81. The van der Waals surface area contributed by atoms with Gasteiger partial charge in [0.1, 0.15) is 5.75 Å². The van der Waals surface area contributed by atoms with Crippen molar-refractivity contribution in [3.8, 4) is 5.75 Å². The van der Waals surface area contributed by atoms with Crippen molar-refractivity contribution < 1.29 is 24.0 Å². The second-order valence-electron chi connectivity index (χ2n) is 3.59. The van der Waals surface area contributed by atoms with Crippen LogP contribution >= 0.6 is 11.3 Å². The topological polar surface area (TPSA) is 102 Å². The molecule has 0 atom stereocenters. The number of thiophene rings is 1. The van der Waals surface area contributed by atoms with Crippen LogP contribution in [-0.2, 0) is 4.79 Å². The summed E-state index contributed by atoms with van der Waals surface area (Å²) >= 11 is 1.03. The Morgan fingerprint density at radius 3 is 3.00 bits per heavy atom. The second-order valence-corrected chi connectivity index (χ2v) is 4.50. The van der Waals surface area contributed by atoms with E-state index in [-0.39, 0.29) is 23.1 Å². The standard InChI is InChI=1S/C11H10N2O5S/c1-6-4-9(18-13-6)12-8(14)5-17-7-2-3-19-10(7)11(15)16/h2-4H,5H2,1H3,(H,12,14)(H,15,16). The highest BCUT2D eigenvalue weighted by Gasteiger charge is 2.14. The van der Waals surface area contributed by atoms with Crippen molar-refractivity contribution in [2.75, 3.05) is 11.9 Å². The summed E-state index contributed by atoms with van der Waals surface area (Å²) in [5.74, 6) is -1.16. The summed E-state index contributed by atoms with van der Waals surface area (Å²) in [6, 6.07) is 3.06. The zero-order chi connectivity index (χ0) is 13.8. The summed E-state index contributed by atoms with van der Waals surface area (Å²) in [4.78, 5) is 22.4. The van der Waals surface area contributed by atoms with E-state index in [9.17, 15) is 9.59 Å². The van der Waals surface area contributed by atoms with Gasteiger partial charge in [0.25, 0.3) is 5.91 Å². The summed E-state index contributed by atoms with van der Waals surface area (Å²) in [6.07, 6.45) is 0. The van der Waals surface area contributed by atoms with Crippen molar-refractivity contribution in [3.63, 3.8) is 0 Å². The molecular weight excluding hydrogens is 272 g/mol. The van der Waals surface area contributed by atoms with Crippen molar-refractivity contribution in [1.29, 1.82) is 0 Å². The lowest BCUT2D eigenvalue weighted by molar-refractivity contribution is -0.118. The van der Waals surface area contributed by atoms with Crippen LogP contribution in [0.15, 0.2) is 22.0 Å². The van der Waals surface area contributed by atoms with E-state index in [1.807, 2.05) is 0 Å². The number of rotatable bonds is 5. The molecule has 100 valence electrons. The van der Waals surface area contributed by atoms with Gasteiger partial charge in [-0.1, -0.05) is 5.16 Å². The molecule has 2 rings (SSSR count). The molecule has 0 radical (unpaired) electrons. The van der Waals surface area contributed by atoms with Gasteiger partial charge < -0.3 is 14.4 Å². The van der Waals surface area contributed by atoms with Crippen LogP contribution in [-0.4, -0.2) is 28.7 Å². The monoisotopic (exact) mass is 282 g/mol. The Morgan fingerprint density at radius 1 is 1.58 bits per heavy atom.